The van der Waals surface area contributed by atoms with Crippen molar-refractivity contribution in [3.05, 3.63) is 56.6 Å². The fourth-order valence-electron chi connectivity index (χ4n) is 2.68. The van der Waals surface area contributed by atoms with Gasteiger partial charge in [-0.15, -0.1) is 10.2 Å². The Morgan fingerprint density at radius 3 is 2.19 bits per heavy atom. The monoisotopic (exact) mass is 449 g/mol. The van der Waals surface area contributed by atoms with Crippen LogP contribution in [0.2, 0.25) is 0 Å². The summed E-state index contributed by atoms with van der Waals surface area (Å²) in [6.07, 6.45) is 0. The number of non-ortho nitro benzene ring substituents is 1. The standard InChI is InChI=1S/C16H11N5O9S/c17-8-1-2-10-7(3-8)4-13(31(28,29)30)14(15(10)22)19-18-11-5-9(20(24)25)6-12(16(11)23)21(26)27/h1-6,22-23H,17H2,(H,28,29,30). The largest absolute Gasteiger partial charge is 0.505 e. The van der Waals surface area contributed by atoms with E-state index in [0.717, 1.165) is 6.07 Å². The topological polar surface area (TPSA) is 232 Å². The summed E-state index contributed by atoms with van der Waals surface area (Å²) in [6, 6.07) is 6.15. The minimum atomic E-state index is -4.95. The number of hydrogen-bond acceptors (Lipinski definition) is 11. The minimum absolute atomic E-state index is 0.0739. The highest BCUT2D eigenvalue weighted by Crippen LogP contribution is 2.44. The van der Waals surface area contributed by atoms with Crippen molar-refractivity contribution >= 4 is 49.3 Å². The van der Waals surface area contributed by atoms with Crippen molar-refractivity contribution in [1.29, 1.82) is 0 Å². The Labute approximate surface area is 171 Å². The lowest BCUT2D eigenvalue weighted by Gasteiger charge is -2.09. The first-order chi connectivity index (χ1) is 14.4. The van der Waals surface area contributed by atoms with Crippen LogP contribution in [0, 0.1) is 20.2 Å². The first-order valence-corrected chi connectivity index (χ1v) is 9.44. The number of benzene rings is 3. The van der Waals surface area contributed by atoms with Gasteiger partial charge in [0, 0.05) is 17.1 Å². The van der Waals surface area contributed by atoms with Gasteiger partial charge in [0.15, 0.2) is 5.75 Å². The summed E-state index contributed by atoms with van der Waals surface area (Å²) >= 11 is 0. The molecule has 0 aromatic heterocycles. The number of rotatable bonds is 5. The van der Waals surface area contributed by atoms with E-state index in [4.69, 9.17) is 5.73 Å². The van der Waals surface area contributed by atoms with Crippen molar-refractivity contribution in [2.75, 3.05) is 5.73 Å². The number of nitrogens with two attached hydrogens (primary N) is 1. The average molecular weight is 449 g/mol. The molecule has 15 heteroatoms. The number of anilines is 1. The van der Waals surface area contributed by atoms with Gasteiger partial charge in [-0.05, 0) is 29.7 Å². The molecule has 0 saturated heterocycles. The summed E-state index contributed by atoms with van der Waals surface area (Å²) in [5, 5.41) is 49.6. The highest BCUT2D eigenvalue weighted by atomic mass is 32.2. The van der Waals surface area contributed by atoms with Crippen molar-refractivity contribution in [3.63, 3.8) is 0 Å². The summed E-state index contributed by atoms with van der Waals surface area (Å²) in [5.74, 6) is -1.82. The molecule has 0 fully saturated rings. The van der Waals surface area contributed by atoms with Crippen molar-refractivity contribution < 1.29 is 33.0 Å². The molecule has 160 valence electrons. The molecule has 0 aliphatic rings. The van der Waals surface area contributed by atoms with E-state index in [1.54, 1.807) is 0 Å². The number of nitro groups is 2. The molecule has 0 aliphatic carbocycles. The lowest BCUT2D eigenvalue weighted by atomic mass is 10.1. The predicted octanol–water partition coefficient (Wildman–Crippen LogP) is 3.31. The van der Waals surface area contributed by atoms with Crippen LogP contribution in [0.15, 0.2) is 51.5 Å². The summed E-state index contributed by atoms with van der Waals surface area (Å²) < 4.78 is 33.1. The number of hydrogen-bond donors (Lipinski definition) is 4. The lowest BCUT2D eigenvalue weighted by molar-refractivity contribution is -0.394. The van der Waals surface area contributed by atoms with Crippen LogP contribution in [0.3, 0.4) is 0 Å². The minimum Gasteiger partial charge on any atom is -0.505 e. The van der Waals surface area contributed by atoms with Crippen LogP contribution in [0.4, 0.5) is 28.4 Å². The Hall–Kier alpha value is -4.37. The Bertz CT molecular complexity index is 1400. The van der Waals surface area contributed by atoms with E-state index in [9.17, 15) is 43.4 Å². The molecule has 0 aliphatic heterocycles. The van der Waals surface area contributed by atoms with Crippen LogP contribution in [0.25, 0.3) is 10.8 Å². The number of fused-ring (bicyclic) bond motifs is 1. The highest BCUT2D eigenvalue weighted by Gasteiger charge is 2.25. The Kier molecular flexibility index (Phi) is 5.14. The van der Waals surface area contributed by atoms with Crippen LogP contribution in [0.5, 0.6) is 11.5 Å². The zero-order chi connectivity index (χ0) is 23.1. The third-order valence-electron chi connectivity index (χ3n) is 4.07. The van der Waals surface area contributed by atoms with Gasteiger partial charge in [-0.25, -0.2) is 0 Å². The molecule has 0 radical (unpaired) electrons. The molecule has 5 N–H and O–H groups in total. The summed E-state index contributed by atoms with van der Waals surface area (Å²) in [4.78, 5) is 19.1. The molecule has 3 aromatic rings. The molecule has 0 amide bonds. The van der Waals surface area contributed by atoms with Gasteiger partial charge in [-0.1, -0.05) is 0 Å². The van der Waals surface area contributed by atoms with Crippen molar-refractivity contribution in [2.24, 2.45) is 10.2 Å². The van der Waals surface area contributed by atoms with E-state index in [0.29, 0.717) is 12.1 Å². The first-order valence-electron chi connectivity index (χ1n) is 8.00. The molecular formula is C16H11N5O9S. The number of aromatic hydroxyl groups is 2. The second-order valence-electron chi connectivity index (χ2n) is 6.07. The Morgan fingerprint density at radius 2 is 1.61 bits per heavy atom. The van der Waals surface area contributed by atoms with E-state index >= 15 is 0 Å². The van der Waals surface area contributed by atoms with Gasteiger partial charge in [0.05, 0.1) is 15.9 Å². The van der Waals surface area contributed by atoms with Crippen LogP contribution in [-0.2, 0) is 10.1 Å². The summed E-state index contributed by atoms with van der Waals surface area (Å²) in [6.45, 7) is 0. The molecule has 0 spiro atoms. The Balaban J connectivity index is 2.29. The maximum Gasteiger partial charge on any atom is 0.319 e. The fraction of sp³-hybridized carbons (Fsp3) is 0. The molecule has 14 nitrogen and oxygen atoms in total. The van der Waals surface area contributed by atoms with Crippen LogP contribution in [0.1, 0.15) is 0 Å². The number of phenolic OH excluding ortho intramolecular Hbond substituents is 2. The molecular weight excluding hydrogens is 438 g/mol. The smallest absolute Gasteiger partial charge is 0.319 e. The van der Waals surface area contributed by atoms with Crippen molar-refractivity contribution in [1.82, 2.24) is 0 Å². The second-order valence-corrected chi connectivity index (χ2v) is 7.46. The molecule has 0 atom stereocenters. The van der Waals surface area contributed by atoms with E-state index < -0.39 is 59.1 Å². The highest BCUT2D eigenvalue weighted by molar-refractivity contribution is 7.86. The number of nitrogens with zero attached hydrogens (tertiary/aromatic N) is 4. The molecule has 0 heterocycles. The average Bonchev–Trinajstić information content (AvgIpc) is 2.66. The maximum atomic E-state index is 11.8. The van der Waals surface area contributed by atoms with Gasteiger partial charge in [-0.2, -0.15) is 8.42 Å². The van der Waals surface area contributed by atoms with Crippen LogP contribution in [-0.4, -0.2) is 33.0 Å². The van der Waals surface area contributed by atoms with E-state index in [-0.39, 0.29) is 16.5 Å². The second kappa shape index (κ2) is 7.47. The quantitative estimate of drug-likeness (QED) is 0.146. The van der Waals surface area contributed by atoms with Gasteiger partial charge in [0.1, 0.15) is 16.3 Å². The number of nitro benzene ring substituents is 2. The zero-order valence-corrected chi connectivity index (χ0v) is 15.8. The lowest BCUT2D eigenvalue weighted by Crippen LogP contribution is -1.99. The predicted molar refractivity (Wildman–Crippen MR) is 105 cm³/mol. The third-order valence-corrected chi connectivity index (χ3v) is 4.94. The van der Waals surface area contributed by atoms with Crippen molar-refractivity contribution in [3.8, 4) is 11.5 Å². The molecule has 3 rings (SSSR count). The maximum absolute atomic E-state index is 11.8. The number of phenols is 2. The normalized spacial score (nSPS) is 11.8. The first kappa shape index (κ1) is 21.3. The van der Waals surface area contributed by atoms with Gasteiger partial charge < -0.3 is 15.9 Å². The zero-order valence-electron chi connectivity index (χ0n) is 15.0. The number of nitrogen functional groups attached to an aromatic ring is 1. The summed E-state index contributed by atoms with van der Waals surface area (Å²) in [5.41, 5.74) is 2.49. The van der Waals surface area contributed by atoms with E-state index in [2.05, 4.69) is 10.2 Å². The van der Waals surface area contributed by atoms with Gasteiger partial charge in [0.2, 0.25) is 5.75 Å². The van der Waals surface area contributed by atoms with Crippen LogP contribution < -0.4 is 5.73 Å². The molecule has 3 aromatic carbocycles. The van der Waals surface area contributed by atoms with Gasteiger partial charge in [0.25, 0.3) is 15.8 Å². The number of azo groups is 1. The SMILES string of the molecule is Nc1ccc2c(O)c(N=Nc3cc([N+](=O)[O-])cc([N+](=O)[O-])c3O)c(S(=O)(=O)O)cc2c1. The Morgan fingerprint density at radius 1 is 0.935 bits per heavy atom. The van der Waals surface area contributed by atoms with Crippen molar-refractivity contribution in [2.45, 2.75) is 4.90 Å². The molecule has 0 bridgehead atoms. The van der Waals surface area contributed by atoms with E-state index in [1.165, 1.54) is 18.2 Å². The van der Waals surface area contributed by atoms with E-state index in [1.807, 2.05) is 0 Å². The van der Waals surface area contributed by atoms with Gasteiger partial charge in [-0.3, -0.25) is 24.8 Å². The molecule has 0 saturated carbocycles. The molecule has 0 unspecified atom stereocenters. The third kappa shape index (κ3) is 4.02. The van der Waals surface area contributed by atoms with Crippen LogP contribution >= 0.6 is 0 Å². The fourth-order valence-corrected chi connectivity index (χ4v) is 3.34. The summed E-state index contributed by atoms with van der Waals surface area (Å²) in [7, 11) is -4.95. The van der Waals surface area contributed by atoms with Gasteiger partial charge >= 0.3 is 5.69 Å². The molecule has 31 heavy (non-hydrogen) atoms.